The van der Waals surface area contributed by atoms with E-state index < -0.39 is 250 Å². The molecular weight excluding hydrogens is 1550 g/mol. The van der Waals surface area contributed by atoms with Crippen molar-refractivity contribution < 1.29 is 118 Å². The highest BCUT2D eigenvalue weighted by molar-refractivity contribution is 6.32. The number of phenolic OH excluding ortho intramolecular Hbond substituents is 3. The summed E-state index contributed by atoms with van der Waals surface area (Å²) in [5.74, 6) is -16.1. The van der Waals surface area contributed by atoms with Gasteiger partial charge in [-0.3, -0.25) is 43.2 Å². The largest absolute Gasteiger partial charge is 0.508 e. The predicted octanol–water partition coefficient (Wildman–Crippen LogP) is 2.12. The van der Waals surface area contributed by atoms with Crippen molar-refractivity contribution in [1.29, 1.82) is 0 Å². The number of aliphatic hydroxyl groups is 6. The Hall–Kier alpha value is -10.5. The normalized spacial score (nSPS) is 27.2. The van der Waals surface area contributed by atoms with Gasteiger partial charge in [0.25, 0.3) is 0 Å². The van der Waals surface area contributed by atoms with Crippen LogP contribution in [0.15, 0.2) is 103 Å². The van der Waals surface area contributed by atoms with Crippen LogP contribution in [0, 0.1) is 5.92 Å². The van der Waals surface area contributed by atoms with Gasteiger partial charge < -0.3 is 134 Å². The first-order valence-corrected chi connectivity index (χ1v) is 37.7. The Kier molecular flexibility index (Phi) is 26.8. The van der Waals surface area contributed by atoms with Crippen molar-refractivity contribution in [3.63, 3.8) is 0 Å². The van der Waals surface area contributed by atoms with Gasteiger partial charge >= 0.3 is 0 Å². The van der Waals surface area contributed by atoms with Crippen molar-refractivity contribution in [3.8, 4) is 57.1 Å². The zero-order valence-electron chi connectivity index (χ0n) is 62.9. The number of halogens is 2. The molecule has 18 atom stereocenters. The van der Waals surface area contributed by atoms with Gasteiger partial charge in [0.2, 0.25) is 65.2 Å². The number of primary amides is 1. The minimum atomic E-state index is -2.37. The van der Waals surface area contributed by atoms with Crippen LogP contribution in [0.2, 0.25) is 10.0 Å². The lowest BCUT2D eigenvalue weighted by Crippen LogP contribution is -2.64. The number of aryl methyl sites for hydroxylation is 1. The van der Waals surface area contributed by atoms with Gasteiger partial charge in [0.05, 0.1) is 47.9 Å². The zero-order valence-corrected chi connectivity index (χ0v) is 64.4. The number of carbonyl (C=O) groups excluding carboxylic acids is 9. The molecule has 22 N–H and O–H groups in total. The van der Waals surface area contributed by atoms with Crippen LogP contribution in [-0.2, 0) is 63.8 Å². The first-order chi connectivity index (χ1) is 54.5. The Morgan fingerprint density at radius 1 is 0.704 bits per heavy atom. The van der Waals surface area contributed by atoms with E-state index in [4.69, 9.17) is 63.1 Å². The second-order valence-electron chi connectivity index (χ2n) is 29.4. The monoisotopic (exact) mass is 1640 g/mol. The van der Waals surface area contributed by atoms with Gasteiger partial charge in [-0.15, -0.1) is 0 Å². The molecule has 115 heavy (non-hydrogen) atoms. The zero-order chi connectivity index (χ0) is 83.3. The van der Waals surface area contributed by atoms with Crippen LogP contribution in [-0.4, -0.2) is 198 Å². The van der Waals surface area contributed by atoms with E-state index >= 15 is 19.2 Å². The smallest absolute Gasteiger partial charge is 0.248 e. The molecule has 616 valence electrons. The Labute approximate surface area is 668 Å². The number of aromatic hydroxyl groups is 3. The van der Waals surface area contributed by atoms with Gasteiger partial charge in [-0.1, -0.05) is 80.7 Å². The fraction of sp³-hybridized carbons (Fsp3) is 0.423. The quantitative estimate of drug-likeness (QED) is 0.0552. The van der Waals surface area contributed by atoms with Gasteiger partial charge in [0.15, 0.2) is 23.9 Å². The average molecular weight is 1640 g/mol. The molecule has 37 heteroatoms. The molecule has 2 saturated heterocycles. The van der Waals surface area contributed by atoms with Crippen LogP contribution in [0.4, 0.5) is 5.69 Å². The number of unbranched alkanes of at least 4 members (excludes halogenated alkanes) is 1. The molecule has 7 aliphatic heterocycles. The number of hydrogen-bond acceptors (Lipinski definition) is 26. The average Bonchev–Trinajstić information content (AvgIpc) is 0.788. The number of nitrogens with two attached hydrogens (primary N) is 2. The van der Waals surface area contributed by atoms with Crippen molar-refractivity contribution in [2.24, 2.45) is 17.4 Å². The summed E-state index contributed by atoms with van der Waals surface area (Å²) in [5, 5.41) is 127. The van der Waals surface area contributed by atoms with Crippen LogP contribution in [0.1, 0.15) is 130 Å². The summed E-state index contributed by atoms with van der Waals surface area (Å²) in [6, 6.07) is 6.58. The third-order valence-corrected chi connectivity index (χ3v) is 20.9. The number of ether oxygens (including phenoxy) is 6. The minimum Gasteiger partial charge on any atom is -0.508 e. The molecule has 2 fully saturated rings. The highest BCUT2D eigenvalue weighted by Crippen LogP contribution is 2.50. The Balaban J connectivity index is 1.11. The number of rotatable bonds is 19. The van der Waals surface area contributed by atoms with Gasteiger partial charge in [-0.2, -0.15) is 0 Å². The lowest BCUT2D eigenvalue weighted by Gasteiger charge is -2.47. The van der Waals surface area contributed by atoms with Crippen molar-refractivity contribution in [3.05, 3.63) is 147 Å². The summed E-state index contributed by atoms with van der Waals surface area (Å²) in [6.45, 7) is 6.93. The second kappa shape index (κ2) is 36.1. The molecule has 35 nitrogen and oxygen atoms in total. The number of amides is 9. The molecular formula is C78H91Cl2N11O24. The SMILES string of the molecule is CCCCc1ccc(NC(=O)CNC(=O)C2NC(=O)[C@H]3NC(=O)[C@H](NC(=O)C4NC(=O)[C@H](CC(N)=O)NC(=O)[C@H](NC(=O)[C@@H](CC(C)C)NC)[C@H](O)c5ccc(c(Cl)c5)Oc5cc4cc(c5O[C@@H]4O[C@H](CO)[C@@H](O)[C@H](O)[C@H]4OC4C[C@](C)(N)[C@H](O)[C@H](C)O4)Oc4ccc(cc4Cl)[C@H]3O)c3ccc(O)c(c3)-c3c(O)cc(O)cc32)cc1. The summed E-state index contributed by atoms with van der Waals surface area (Å²) in [6.07, 6.45) is -16.1. The molecule has 0 aliphatic carbocycles. The first-order valence-electron chi connectivity index (χ1n) is 36.9. The lowest BCUT2D eigenvalue weighted by molar-refractivity contribution is -0.333. The Morgan fingerprint density at radius 2 is 1.33 bits per heavy atom. The van der Waals surface area contributed by atoms with E-state index in [-0.39, 0.29) is 46.2 Å². The van der Waals surface area contributed by atoms with E-state index in [1.54, 1.807) is 12.1 Å². The van der Waals surface area contributed by atoms with Gasteiger partial charge in [0.1, 0.15) is 95.5 Å². The van der Waals surface area contributed by atoms with E-state index in [1.807, 2.05) is 32.9 Å². The number of carbonyl (C=O) groups is 9. The van der Waals surface area contributed by atoms with Gasteiger partial charge in [-0.05, 0) is 146 Å². The Morgan fingerprint density at radius 3 is 1.94 bits per heavy atom. The Bertz CT molecular complexity index is 4690. The highest BCUT2D eigenvalue weighted by atomic mass is 35.5. The van der Waals surface area contributed by atoms with Gasteiger partial charge in [-0.25, -0.2) is 0 Å². The van der Waals surface area contributed by atoms with E-state index in [9.17, 15) is 69.9 Å². The summed E-state index contributed by atoms with van der Waals surface area (Å²) in [7, 11) is 1.47. The number of fused-ring (bicyclic) bond motifs is 15. The predicted molar refractivity (Wildman–Crippen MR) is 408 cm³/mol. The van der Waals surface area contributed by atoms with Crippen LogP contribution in [0.5, 0.6) is 46.0 Å². The molecule has 11 bridgehead atoms. The molecule has 0 aromatic heterocycles. The maximum Gasteiger partial charge on any atom is 0.248 e. The molecule has 6 aromatic rings. The van der Waals surface area contributed by atoms with Gasteiger partial charge in [0, 0.05) is 34.8 Å². The molecule has 0 radical (unpaired) electrons. The number of phenols is 3. The number of hydrogen-bond donors (Lipinski definition) is 20. The molecule has 7 aliphatic rings. The lowest BCUT2D eigenvalue weighted by atomic mass is 9.86. The molecule has 3 unspecified atom stereocenters. The molecule has 9 amide bonds. The van der Waals surface area contributed by atoms with Crippen LogP contribution < -0.4 is 73.5 Å². The number of nitrogens with one attached hydrogen (secondary N) is 9. The molecule has 0 saturated carbocycles. The van der Waals surface area contributed by atoms with Crippen LogP contribution in [0.25, 0.3) is 11.1 Å². The highest BCUT2D eigenvalue weighted by Gasteiger charge is 2.52. The molecule has 7 heterocycles. The summed E-state index contributed by atoms with van der Waals surface area (Å²) in [4.78, 5) is 134. The van der Waals surface area contributed by atoms with Crippen molar-refractivity contribution >= 4 is 82.1 Å². The number of aliphatic hydroxyl groups excluding tert-OH is 6. The third-order valence-electron chi connectivity index (χ3n) is 20.3. The maximum absolute atomic E-state index is 16.3. The first kappa shape index (κ1) is 85.4. The number of benzene rings is 6. The van der Waals surface area contributed by atoms with E-state index in [0.717, 1.165) is 91.6 Å². The van der Waals surface area contributed by atoms with Crippen molar-refractivity contribution in [1.82, 2.24) is 42.5 Å². The second-order valence-corrected chi connectivity index (χ2v) is 30.3. The van der Waals surface area contributed by atoms with E-state index in [0.29, 0.717) is 5.69 Å². The summed E-state index contributed by atoms with van der Waals surface area (Å²) in [5.41, 5.74) is 9.58. The van der Waals surface area contributed by atoms with E-state index in [2.05, 4.69) is 47.9 Å². The number of likely N-dealkylation sites (N-methyl/N-ethyl adjacent to an activating group) is 1. The van der Waals surface area contributed by atoms with E-state index in [1.165, 1.54) is 33.0 Å². The molecule has 13 rings (SSSR count). The van der Waals surface area contributed by atoms with Crippen LogP contribution >= 0.6 is 23.2 Å². The maximum atomic E-state index is 16.3. The standard InChI is InChI=1S/C78H91Cl2N11O24/c1-7-8-9-34-10-15-39(16-11-34)85-55(97)30-84-72(105)60-42-26-40(93)27-48(95)57(42)41-21-35(12-17-47(41)94)58-73(106)91-62(76(109)89-60)64(99)37-14-19-50(44(80)23-37)112-52-25-38-24-51(67(52)115-77-68(66(101)65(100)53(31-92)113-77)114-56-29-78(5,82)69(102)33(4)110-56)111-49-18-13-36(22-43(49)79)63(98)61(90-70(103)45(83-6)20-32(2)3)75(108)86-46(28-54(81)96)71(104)87-59(38)74(107)88-58/h10-19,21-27,32-33,45-46,53,56,58-66,68-69,77,83,92-95,98-102H,7-9,20,28-31,82H2,1-6H3,(H2,81,96)(H,84,105)(H,85,97)(H,86,108)(H,87,104)(H,88,107)(H,89,109)(H,90,103)(H,91,106)/t33-,45+,46-,53+,56?,58+,59?,60?,61+,62-,63+,64+,65+,66-,68+,69+,77-,78-/m0/s1. The topological polar surface area (TPSA) is 551 Å². The number of anilines is 1. The molecule has 0 spiro atoms. The van der Waals surface area contributed by atoms with Crippen LogP contribution in [0.3, 0.4) is 0 Å². The minimum absolute atomic E-state index is 0.107. The van der Waals surface area contributed by atoms with Crippen molar-refractivity contribution in [2.75, 3.05) is 25.5 Å². The summed E-state index contributed by atoms with van der Waals surface area (Å²) >= 11 is 14.3. The molecule has 6 aromatic carbocycles. The fourth-order valence-corrected chi connectivity index (χ4v) is 14.6. The fourth-order valence-electron chi connectivity index (χ4n) is 14.1. The third kappa shape index (κ3) is 19.4. The summed E-state index contributed by atoms with van der Waals surface area (Å²) < 4.78 is 38.6. The van der Waals surface area contributed by atoms with Crippen molar-refractivity contribution in [2.45, 2.75) is 182 Å².